The van der Waals surface area contributed by atoms with Gasteiger partial charge in [-0.05, 0) is 12.1 Å². The van der Waals surface area contributed by atoms with E-state index >= 15 is 0 Å². The molecule has 0 aliphatic rings. The Labute approximate surface area is 87.4 Å². The number of rotatable bonds is 3. The van der Waals surface area contributed by atoms with Crippen molar-refractivity contribution < 1.29 is 5.11 Å². The van der Waals surface area contributed by atoms with E-state index in [4.69, 9.17) is 22.0 Å². The summed E-state index contributed by atoms with van der Waals surface area (Å²) in [5.74, 6) is 0.586. The number of anilines is 1. The lowest BCUT2D eigenvalue weighted by Gasteiger charge is -2.16. The van der Waals surface area contributed by atoms with Crippen LogP contribution in [0.1, 0.15) is 5.56 Å². The molecular formula is C9H10ClN3O. The predicted molar refractivity (Wildman–Crippen MR) is 54.3 cm³/mol. The molecule has 0 aliphatic carbocycles. The van der Waals surface area contributed by atoms with E-state index in [2.05, 4.69) is 4.98 Å². The van der Waals surface area contributed by atoms with Crippen molar-refractivity contribution in [3.63, 3.8) is 0 Å². The Morgan fingerprint density at radius 1 is 1.64 bits per heavy atom. The van der Waals surface area contributed by atoms with Crippen LogP contribution < -0.4 is 4.90 Å². The quantitative estimate of drug-likeness (QED) is 0.759. The molecule has 1 rings (SSSR count). The number of likely N-dealkylation sites (N-methyl/N-ethyl adjacent to an activating group) is 1. The molecule has 1 aromatic rings. The molecular weight excluding hydrogens is 202 g/mol. The van der Waals surface area contributed by atoms with Crippen molar-refractivity contribution >= 4 is 17.4 Å². The molecule has 0 fully saturated rings. The summed E-state index contributed by atoms with van der Waals surface area (Å²) in [7, 11) is 1.77. The molecule has 1 N–H and O–H groups in total. The number of nitriles is 1. The lowest BCUT2D eigenvalue weighted by molar-refractivity contribution is 0.304. The van der Waals surface area contributed by atoms with Gasteiger partial charge in [-0.2, -0.15) is 5.26 Å². The Morgan fingerprint density at radius 2 is 2.36 bits per heavy atom. The minimum absolute atomic E-state index is 0.0343. The number of aromatic nitrogens is 1. The van der Waals surface area contributed by atoms with Crippen molar-refractivity contribution in [1.29, 1.82) is 5.26 Å². The molecule has 0 aromatic carbocycles. The molecule has 74 valence electrons. The summed E-state index contributed by atoms with van der Waals surface area (Å²) in [6, 6.07) is 5.12. The van der Waals surface area contributed by atoms with E-state index in [-0.39, 0.29) is 11.8 Å². The second kappa shape index (κ2) is 4.80. The third kappa shape index (κ3) is 2.59. The monoisotopic (exact) mass is 211 g/mol. The van der Waals surface area contributed by atoms with Crippen LogP contribution in [-0.4, -0.2) is 30.3 Å². The third-order valence-corrected chi connectivity index (χ3v) is 1.93. The highest BCUT2D eigenvalue weighted by molar-refractivity contribution is 6.29. The van der Waals surface area contributed by atoms with Gasteiger partial charge in [-0.25, -0.2) is 4.98 Å². The molecule has 0 unspecified atom stereocenters. The Balaban J connectivity index is 2.98. The molecule has 0 saturated heterocycles. The third-order valence-electron chi connectivity index (χ3n) is 1.74. The average Bonchev–Trinajstić information content (AvgIpc) is 2.17. The molecule has 0 bridgehead atoms. The van der Waals surface area contributed by atoms with Gasteiger partial charge >= 0.3 is 0 Å². The first-order valence-electron chi connectivity index (χ1n) is 4.07. The van der Waals surface area contributed by atoms with E-state index < -0.39 is 0 Å². The van der Waals surface area contributed by atoms with Crippen LogP contribution in [0, 0.1) is 11.3 Å². The van der Waals surface area contributed by atoms with Crippen molar-refractivity contribution in [2.45, 2.75) is 0 Å². The lowest BCUT2D eigenvalue weighted by Crippen LogP contribution is -2.22. The van der Waals surface area contributed by atoms with Crippen molar-refractivity contribution in [2.24, 2.45) is 0 Å². The maximum atomic E-state index is 8.73. The summed E-state index contributed by atoms with van der Waals surface area (Å²) in [6.07, 6.45) is 0. The molecule has 0 aliphatic heterocycles. The fraction of sp³-hybridized carbons (Fsp3) is 0.333. The van der Waals surface area contributed by atoms with Crippen LogP contribution >= 0.6 is 11.6 Å². The van der Waals surface area contributed by atoms with Crippen LogP contribution in [0.2, 0.25) is 5.15 Å². The number of aliphatic hydroxyl groups excluding tert-OH is 1. The SMILES string of the molecule is CN(CCO)c1cc(C#N)cc(Cl)n1. The van der Waals surface area contributed by atoms with Gasteiger partial charge in [0.25, 0.3) is 0 Å². The summed E-state index contributed by atoms with van der Waals surface area (Å²) in [6.45, 7) is 0.491. The molecule has 0 atom stereocenters. The highest BCUT2D eigenvalue weighted by Crippen LogP contribution is 2.16. The van der Waals surface area contributed by atoms with Crippen LogP contribution in [-0.2, 0) is 0 Å². The molecule has 0 amide bonds. The van der Waals surface area contributed by atoms with Crippen molar-refractivity contribution in [3.8, 4) is 6.07 Å². The smallest absolute Gasteiger partial charge is 0.132 e. The lowest BCUT2D eigenvalue weighted by atomic mass is 10.3. The van der Waals surface area contributed by atoms with Gasteiger partial charge in [0.05, 0.1) is 18.2 Å². The van der Waals surface area contributed by atoms with Crippen molar-refractivity contribution in [1.82, 2.24) is 4.98 Å². The molecule has 1 heterocycles. The molecule has 14 heavy (non-hydrogen) atoms. The first-order valence-corrected chi connectivity index (χ1v) is 4.45. The minimum atomic E-state index is 0.0343. The van der Waals surface area contributed by atoms with Crippen LogP contribution in [0.3, 0.4) is 0 Å². The highest BCUT2D eigenvalue weighted by atomic mass is 35.5. The number of aliphatic hydroxyl groups is 1. The van der Waals surface area contributed by atoms with Gasteiger partial charge in [-0.1, -0.05) is 11.6 Å². The normalized spacial score (nSPS) is 9.57. The van der Waals surface area contributed by atoms with Crippen LogP contribution in [0.5, 0.6) is 0 Å². The van der Waals surface area contributed by atoms with Crippen LogP contribution in [0.25, 0.3) is 0 Å². The van der Waals surface area contributed by atoms with E-state index in [9.17, 15) is 0 Å². The van der Waals surface area contributed by atoms with Gasteiger partial charge in [0, 0.05) is 13.6 Å². The van der Waals surface area contributed by atoms with Gasteiger partial charge < -0.3 is 10.0 Å². The molecule has 0 spiro atoms. The van der Waals surface area contributed by atoms with Gasteiger partial charge in [0.2, 0.25) is 0 Å². The fourth-order valence-corrected chi connectivity index (χ4v) is 1.21. The van der Waals surface area contributed by atoms with Gasteiger partial charge in [0.1, 0.15) is 11.0 Å². The summed E-state index contributed by atoms with van der Waals surface area (Å²) in [5, 5.41) is 17.7. The summed E-state index contributed by atoms with van der Waals surface area (Å²) < 4.78 is 0. The number of halogens is 1. The summed E-state index contributed by atoms with van der Waals surface area (Å²) in [5.41, 5.74) is 0.463. The largest absolute Gasteiger partial charge is 0.395 e. The molecule has 0 radical (unpaired) electrons. The van der Waals surface area contributed by atoms with E-state index in [1.165, 1.54) is 6.07 Å². The number of nitrogens with zero attached hydrogens (tertiary/aromatic N) is 3. The fourth-order valence-electron chi connectivity index (χ4n) is 1.01. The Kier molecular flexibility index (Phi) is 3.69. The van der Waals surface area contributed by atoms with E-state index in [0.717, 1.165) is 0 Å². The van der Waals surface area contributed by atoms with Gasteiger partial charge in [-0.3, -0.25) is 0 Å². The first-order chi connectivity index (χ1) is 6.67. The van der Waals surface area contributed by atoms with Crippen molar-refractivity contribution in [2.75, 3.05) is 25.1 Å². The van der Waals surface area contributed by atoms with E-state index in [1.807, 2.05) is 6.07 Å². The first kappa shape index (κ1) is 10.8. The van der Waals surface area contributed by atoms with Gasteiger partial charge in [-0.15, -0.1) is 0 Å². The number of hydrogen-bond donors (Lipinski definition) is 1. The molecule has 4 nitrogen and oxygen atoms in total. The standard InChI is InChI=1S/C9H10ClN3O/c1-13(2-3-14)9-5-7(6-11)4-8(10)12-9/h4-5,14H,2-3H2,1H3. The minimum Gasteiger partial charge on any atom is -0.395 e. The average molecular weight is 212 g/mol. The zero-order valence-electron chi connectivity index (χ0n) is 7.74. The van der Waals surface area contributed by atoms with E-state index in [1.54, 1.807) is 18.0 Å². The predicted octanol–water partition coefficient (Wildman–Crippen LogP) is 1.04. The molecule has 1 aromatic heterocycles. The Morgan fingerprint density at radius 3 is 2.93 bits per heavy atom. The maximum absolute atomic E-state index is 8.73. The van der Waals surface area contributed by atoms with E-state index in [0.29, 0.717) is 17.9 Å². The summed E-state index contributed by atoms with van der Waals surface area (Å²) in [4.78, 5) is 5.76. The molecule has 5 heteroatoms. The summed E-state index contributed by atoms with van der Waals surface area (Å²) >= 11 is 5.72. The number of pyridine rings is 1. The zero-order valence-corrected chi connectivity index (χ0v) is 8.49. The Hall–Kier alpha value is -1.31. The second-order valence-electron chi connectivity index (χ2n) is 2.79. The van der Waals surface area contributed by atoms with Gasteiger partial charge in [0.15, 0.2) is 0 Å². The second-order valence-corrected chi connectivity index (χ2v) is 3.18. The van der Waals surface area contributed by atoms with Crippen molar-refractivity contribution in [3.05, 3.63) is 22.8 Å². The zero-order chi connectivity index (χ0) is 10.6. The molecule has 0 saturated carbocycles. The Bertz CT molecular complexity index is 362. The van der Waals surface area contributed by atoms with Crippen LogP contribution in [0.4, 0.5) is 5.82 Å². The topological polar surface area (TPSA) is 60.1 Å². The highest BCUT2D eigenvalue weighted by Gasteiger charge is 2.05. The van der Waals surface area contributed by atoms with Crippen LogP contribution in [0.15, 0.2) is 12.1 Å². The maximum Gasteiger partial charge on any atom is 0.132 e. The number of hydrogen-bond acceptors (Lipinski definition) is 4.